The van der Waals surface area contributed by atoms with Crippen LogP contribution < -0.4 is 16.4 Å². The van der Waals surface area contributed by atoms with Gasteiger partial charge in [-0.25, -0.2) is 9.79 Å². The number of halogens is 1. The van der Waals surface area contributed by atoms with Crippen LogP contribution in [0.2, 0.25) is 0 Å². The van der Waals surface area contributed by atoms with Gasteiger partial charge in [0.05, 0.1) is 13.3 Å². The first-order valence-electron chi connectivity index (χ1n) is 11.8. The summed E-state index contributed by atoms with van der Waals surface area (Å²) in [6, 6.07) is 8.40. The summed E-state index contributed by atoms with van der Waals surface area (Å²) in [7, 11) is 1.90. The number of fused-ring (bicyclic) bond motifs is 1. The summed E-state index contributed by atoms with van der Waals surface area (Å²) in [4.78, 5) is 20.4. The minimum Gasteiger partial charge on any atom is -0.450 e. The third-order valence-corrected chi connectivity index (χ3v) is 6.41. The molecule has 0 aliphatic carbocycles. The van der Waals surface area contributed by atoms with E-state index in [0.717, 1.165) is 43.0 Å². The number of nitrogens with two attached hydrogens (primary N) is 1. The molecule has 34 heavy (non-hydrogen) atoms. The van der Waals surface area contributed by atoms with E-state index in [1.807, 2.05) is 18.0 Å². The van der Waals surface area contributed by atoms with Crippen molar-refractivity contribution in [1.82, 2.24) is 25.0 Å². The fourth-order valence-corrected chi connectivity index (χ4v) is 4.53. The van der Waals surface area contributed by atoms with Crippen LogP contribution in [-0.2, 0) is 17.8 Å². The molecule has 10 heteroatoms. The van der Waals surface area contributed by atoms with Gasteiger partial charge in [-0.15, -0.1) is 0 Å². The van der Waals surface area contributed by atoms with Crippen LogP contribution in [0, 0.1) is 5.92 Å². The van der Waals surface area contributed by atoms with Gasteiger partial charge in [0.25, 0.3) is 0 Å². The Morgan fingerprint density at radius 1 is 1.35 bits per heavy atom. The molecule has 2 aliphatic rings. The van der Waals surface area contributed by atoms with E-state index in [9.17, 15) is 4.79 Å². The van der Waals surface area contributed by atoms with Crippen LogP contribution in [0.4, 0.5) is 4.79 Å². The number of unbranched alkanes of at least 4 members (excludes halogenated alkanes) is 1. The average Bonchev–Trinajstić information content (AvgIpc) is 3.40. The number of benzene rings is 1. The number of carbonyl (C=O) groups excluding carboxylic acids is 1. The number of hydrogen-bond donors (Lipinski definition) is 3. The molecule has 1 unspecified atom stereocenters. The van der Waals surface area contributed by atoms with E-state index in [1.54, 1.807) is 0 Å². The number of aromatic nitrogens is 1. The lowest BCUT2D eigenvalue weighted by Gasteiger charge is -2.33. The first kappa shape index (κ1) is 24.1. The van der Waals surface area contributed by atoms with E-state index >= 15 is 0 Å². The van der Waals surface area contributed by atoms with Crippen molar-refractivity contribution in [3.63, 3.8) is 0 Å². The van der Waals surface area contributed by atoms with Crippen molar-refractivity contribution in [2.45, 2.75) is 45.4 Å². The van der Waals surface area contributed by atoms with Crippen LogP contribution in [0.1, 0.15) is 32.3 Å². The zero-order chi connectivity index (χ0) is 24.2. The number of alkyl halides is 1. The van der Waals surface area contributed by atoms with E-state index < -0.39 is 11.7 Å². The van der Waals surface area contributed by atoms with Gasteiger partial charge >= 0.3 is 6.09 Å². The van der Waals surface area contributed by atoms with Gasteiger partial charge in [-0.3, -0.25) is 0 Å². The molecule has 1 aromatic heterocycles. The van der Waals surface area contributed by atoms with Gasteiger partial charge in [0.15, 0.2) is 0 Å². The summed E-state index contributed by atoms with van der Waals surface area (Å²) in [6.45, 7) is 7.64. The fraction of sp³-hybridized carbons (Fsp3) is 0.500. The van der Waals surface area contributed by atoms with E-state index in [-0.39, 0.29) is 0 Å². The molecule has 2 aromatic rings. The molecule has 0 spiro atoms. The lowest BCUT2D eigenvalue weighted by Crippen LogP contribution is -2.40. The highest BCUT2D eigenvalue weighted by Crippen LogP contribution is 2.26. The molecule has 1 aromatic carbocycles. The highest BCUT2D eigenvalue weighted by Gasteiger charge is 2.33. The lowest BCUT2D eigenvalue weighted by molar-refractivity contribution is 0.141. The van der Waals surface area contributed by atoms with Crippen molar-refractivity contribution < 1.29 is 9.53 Å². The summed E-state index contributed by atoms with van der Waals surface area (Å²) < 4.78 is 7.63. The van der Waals surface area contributed by atoms with Crippen molar-refractivity contribution >= 4 is 34.4 Å². The van der Waals surface area contributed by atoms with Crippen LogP contribution in [0.3, 0.4) is 0 Å². The highest BCUT2D eigenvalue weighted by atomic mass is 35.5. The van der Waals surface area contributed by atoms with Gasteiger partial charge in [0, 0.05) is 38.4 Å². The second-order valence-corrected chi connectivity index (χ2v) is 9.57. The second-order valence-electron chi connectivity index (χ2n) is 9.18. The molecule has 4 N–H and O–H groups in total. The van der Waals surface area contributed by atoms with Crippen LogP contribution in [0.5, 0.6) is 0 Å². The van der Waals surface area contributed by atoms with E-state index in [2.05, 4.69) is 63.3 Å². The maximum Gasteiger partial charge on any atom is 0.407 e. The molecular formula is C24H34ClN7O2. The number of carbonyl (C=O) groups is 1. The lowest BCUT2D eigenvalue weighted by atomic mass is 10.1. The SMILES string of the molecule is CC(C)Cn1ccc2ccc(CNC(=O)OCCCCN3CNC4=C3N(C)C(Cl)N=C4N)cc21. The summed E-state index contributed by atoms with van der Waals surface area (Å²) >= 11 is 6.24. The first-order valence-corrected chi connectivity index (χ1v) is 12.2. The molecule has 0 fully saturated rings. The zero-order valence-corrected chi connectivity index (χ0v) is 20.8. The highest BCUT2D eigenvalue weighted by molar-refractivity contribution is 6.21. The van der Waals surface area contributed by atoms with Crippen LogP contribution in [-0.4, -0.2) is 58.8 Å². The third kappa shape index (κ3) is 5.35. The number of amidine groups is 1. The number of amides is 1. The Balaban J connectivity index is 1.18. The van der Waals surface area contributed by atoms with E-state index in [1.165, 1.54) is 10.9 Å². The van der Waals surface area contributed by atoms with Crippen molar-refractivity contribution in [2.75, 3.05) is 26.9 Å². The number of alkyl carbamates (subject to hydrolysis) is 1. The Bertz CT molecular complexity index is 1090. The topological polar surface area (TPSA) is 100 Å². The summed E-state index contributed by atoms with van der Waals surface area (Å²) in [6.07, 6.45) is 3.35. The number of hydrogen-bond acceptors (Lipinski definition) is 7. The minimum absolute atomic E-state index is 0.368. The van der Waals surface area contributed by atoms with E-state index in [4.69, 9.17) is 22.1 Å². The van der Waals surface area contributed by atoms with Gasteiger partial charge in [-0.2, -0.15) is 0 Å². The molecule has 4 rings (SSSR count). The normalized spacial score (nSPS) is 17.8. The van der Waals surface area contributed by atoms with Crippen molar-refractivity contribution in [2.24, 2.45) is 16.6 Å². The molecule has 0 saturated carbocycles. The third-order valence-electron chi connectivity index (χ3n) is 6.02. The molecule has 1 amide bonds. The Hall–Kier alpha value is -3.07. The summed E-state index contributed by atoms with van der Waals surface area (Å²) in [5.41, 5.74) is 8.55. The van der Waals surface area contributed by atoms with Crippen LogP contribution >= 0.6 is 11.6 Å². The van der Waals surface area contributed by atoms with Crippen molar-refractivity contribution in [3.05, 3.63) is 47.5 Å². The van der Waals surface area contributed by atoms with Gasteiger partial charge in [0.1, 0.15) is 17.4 Å². The molecular weight excluding hydrogens is 454 g/mol. The van der Waals surface area contributed by atoms with Crippen LogP contribution in [0.25, 0.3) is 10.9 Å². The second kappa shape index (κ2) is 10.5. The Morgan fingerprint density at radius 3 is 2.97 bits per heavy atom. The molecule has 0 bridgehead atoms. The number of nitrogens with one attached hydrogen (secondary N) is 2. The molecule has 9 nitrogen and oxygen atoms in total. The van der Waals surface area contributed by atoms with Gasteiger partial charge in [0.2, 0.25) is 5.62 Å². The molecule has 0 radical (unpaired) electrons. The predicted molar refractivity (Wildman–Crippen MR) is 135 cm³/mol. The zero-order valence-electron chi connectivity index (χ0n) is 20.1. The fourth-order valence-electron chi connectivity index (χ4n) is 4.33. The standard InChI is InChI=1S/C24H34ClN7O2/c1-16(2)14-31-10-8-18-7-6-17(12-19(18)31)13-27-24(33)34-11-5-4-9-32-15-28-20-21(26)29-23(25)30(3)22(20)32/h6-8,10,12,16,23,28H,4-5,9,11,13-15H2,1-3H3,(H2,26,29)(H,27,33). The summed E-state index contributed by atoms with van der Waals surface area (Å²) in [5.74, 6) is 1.96. The smallest absolute Gasteiger partial charge is 0.407 e. The molecule has 3 heterocycles. The quantitative estimate of drug-likeness (QED) is 0.285. The maximum atomic E-state index is 12.1. The average molecular weight is 488 g/mol. The predicted octanol–water partition coefficient (Wildman–Crippen LogP) is 3.16. The van der Waals surface area contributed by atoms with Gasteiger partial charge in [-0.05, 0) is 41.8 Å². The van der Waals surface area contributed by atoms with Crippen LogP contribution in [0.15, 0.2) is 47.0 Å². The number of ether oxygens (including phenoxy) is 1. The Labute approximate surface area is 205 Å². The number of nitrogens with zero attached hydrogens (tertiary/aromatic N) is 4. The minimum atomic E-state index is -0.506. The number of rotatable bonds is 9. The largest absolute Gasteiger partial charge is 0.450 e. The molecule has 0 saturated heterocycles. The monoisotopic (exact) mass is 487 g/mol. The van der Waals surface area contributed by atoms with Gasteiger partial charge < -0.3 is 35.5 Å². The number of aliphatic imine (C=N–C) groups is 1. The molecule has 2 aliphatic heterocycles. The first-order chi connectivity index (χ1) is 16.3. The van der Waals surface area contributed by atoms with E-state index in [0.29, 0.717) is 31.6 Å². The Morgan fingerprint density at radius 2 is 2.18 bits per heavy atom. The van der Waals surface area contributed by atoms with Crippen molar-refractivity contribution in [3.8, 4) is 0 Å². The van der Waals surface area contributed by atoms with Crippen molar-refractivity contribution in [1.29, 1.82) is 0 Å². The van der Waals surface area contributed by atoms with Gasteiger partial charge in [-0.1, -0.05) is 37.6 Å². The Kier molecular flexibility index (Phi) is 7.41. The maximum absolute atomic E-state index is 12.1. The molecule has 1 atom stereocenters. The molecule has 184 valence electrons. The summed E-state index contributed by atoms with van der Waals surface area (Å²) in [5, 5.41) is 7.34.